The molecule has 0 atom stereocenters. The number of carbonyl (C=O) groups excluding carboxylic acids is 1. The van der Waals surface area contributed by atoms with E-state index in [1.54, 1.807) is 13.2 Å². The molecule has 1 N–H and O–H groups in total. The summed E-state index contributed by atoms with van der Waals surface area (Å²) in [4.78, 5) is 16.8. The molecule has 0 bridgehead atoms. The Labute approximate surface area is 159 Å². The highest BCUT2D eigenvalue weighted by Crippen LogP contribution is 2.39. The third-order valence-electron chi connectivity index (χ3n) is 4.89. The average Bonchev–Trinajstić information content (AvgIpc) is 2.95. The van der Waals surface area contributed by atoms with Crippen LogP contribution in [0.15, 0.2) is 42.5 Å². The van der Waals surface area contributed by atoms with Gasteiger partial charge in [-0.1, -0.05) is 24.3 Å². The summed E-state index contributed by atoms with van der Waals surface area (Å²) >= 11 is 0. The van der Waals surface area contributed by atoms with Gasteiger partial charge in [0.1, 0.15) is 0 Å². The quantitative estimate of drug-likeness (QED) is 0.877. The highest BCUT2D eigenvalue weighted by Gasteiger charge is 2.22. The molecule has 1 saturated heterocycles. The highest BCUT2D eigenvalue weighted by molar-refractivity contribution is 5.94. The molecule has 1 aliphatic rings. The van der Waals surface area contributed by atoms with Gasteiger partial charge in [-0.3, -0.25) is 9.69 Å². The largest absolute Gasteiger partial charge is 0.504 e. The molecular weight excluding hydrogens is 344 g/mol. The van der Waals surface area contributed by atoms with Gasteiger partial charge in [-0.05, 0) is 24.6 Å². The molecule has 2 aromatic rings. The van der Waals surface area contributed by atoms with Gasteiger partial charge >= 0.3 is 0 Å². The Morgan fingerprint density at radius 2 is 1.78 bits per heavy atom. The lowest BCUT2D eigenvalue weighted by molar-refractivity contribution is 0.0761. The summed E-state index contributed by atoms with van der Waals surface area (Å²) in [7, 11) is 3.06. The van der Waals surface area contributed by atoms with Gasteiger partial charge in [0.25, 0.3) is 5.91 Å². The van der Waals surface area contributed by atoms with Gasteiger partial charge in [0.2, 0.25) is 5.75 Å². The summed E-state index contributed by atoms with van der Waals surface area (Å²) in [5.74, 6) is 1.05. The first-order valence-corrected chi connectivity index (χ1v) is 9.13. The molecule has 1 aliphatic heterocycles. The molecule has 1 amide bonds. The van der Waals surface area contributed by atoms with E-state index in [1.807, 2.05) is 41.3 Å². The minimum Gasteiger partial charge on any atom is -0.504 e. The molecule has 6 nitrogen and oxygen atoms in total. The topological polar surface area (TPSA) is 62.2 Å². The molecule has 0 aliphatic carbocycles. The van der Waals surface area contributed by atoms with Gasteiger partial charge in [0, 0.05) is 43.9 Å². The number of nitrogens with zero attached hydrogens (tertiary/aromatic N) is 2. The van der Waals surface area contributed by atoms with Crippen molar-refractivity contribution in [3.05, 3.63) is 53.6 Å². The number of amides is 1. The lowest BCUT2D eigenvalue weighted by Gasteiger charge is -2.23. The number of phenols is 1. The minimum absolute atomic E-state index is 0.0754. The zero-order valence-electron chi connectivity index (χ0n) is 15.9. The van der Waals surface area contributed by atoms with Crippen LogP contribution in [0.2, 0.25) is 0 Å². The second-order valence-electron chi connectivity index (χ2n) is 6.60. The number of benzene rings is 2. The number of hydrogen-bond acceptors (Lipinski definition) is 5. The van der Waals surface area contributed by atoms with E-state index >= 15 is 0 Å². The van der Waals surface area contributed by atoms with Gasteiger partial charge in [0.15, 0.2) is 11.5 Å². The molecule has 6 heteroatoms. The van der Waals surface area contributed by atoms with E-state index in [4.69, 9.17) is 9.47 Å². The number of rotatable bonds is 5. The third kappa shape index (κ3) is 4.34. The lowest BCUT2D eigenvalue weighted by Crippen LogP contribution is -2.35. The van der Waals surface area contributed by atoms with Crippen LogP contribution in [0, 0.1) is 0 Å². The fraction of sp³-hybridized carbons (Fsp3) is 0.381. The van der Waals surface area contributed by atoms with E-state index in [0.717, 1.165) is 37.2 Å². The highest BCUT2D eigenvalue weighted by atomic mass is 16.5. The number of methoxy groups -OCH3 is 2. The van der Waals surface area contributed by atoms with Gasteiger partial charge in [-0.25, -0.2) is 0 Å². The smallest absolute Gasteiger partial charge is 0.253 e. The molecule has 0 saturated carbocycles. The SMILES string of the molecule is COc1ccc(CN2CCCN(C(=O)c3ccccc3)CC2)c(O)c1OC. The van der Waals surface area contributed by atoms with Crippen molar-refractivity contribution in [2.45, 2.75) is 13.0 Å². The molecule has 3 rings (SSSR count). The minimum atomic E-state index is 0.0754. The monoisotopic (exact) mass is 370 g/mol. The molecule has 27 heavy (non-hydrogen) atoms. The number of aromatic hydroxyl groups is 1. The lowest BCUT2D eigenvalue weighted by atomic mass is 10.1. The van der Waals surface area contributed by atoms with Crippen molar-refractivity contribution < 1.29 is 19.4 Å². The van der Waals surface area contributed by atoms with Crippen molar-refractivity contribution in [1.82, 2.24) is 9.80 Å². The molecule has 2 aromatic carbocycles. The molecule has 0 spiro atoms. The maximum Gasteiger partial charge on any atom is 0.253 e. The van der Waals surface area contributed by atoms with Crippen molar-refractivity contribution in [3.63, 3.8) is 0 Å². The van der Waals surface area contributed by atoms with Crippen LogP contribution in [0.1, 0.15) is 22.3 Å². The Bertz CT molecular complexity index is 779. The molecule has 0 aromatic heterocycles. The van der Waals surface area contributed by atoms with Crippen LogP contribution in [-0.2, 0) is 6.54 Å². The summed E-state index contributed by atoms with van der Waals surface area (Å²) in [5, 5.41) is 10.5. The maximum absolute atomic E-state index is 12.7. The molecule has 0 radical (unpaired) electrons. The van der Waals surface area contributed by atoms with Crippen molar-refractivity contribution in [1.29, 1.82) is 0 Å². The Hall–Kier alpha value is -2.73. The number of hydrogen-bond donors (Lipinski definition) is 1. The first kappa shape index (κ1) is 19.0. The predicted octanol–water partition coefficient (Wildman–Crippen LogP) is 2.76. The Kier molecular flexibility index (Phi) is 6.19. The Morgan fingerprint density at radius 3 is 2.48 bits per heavy atom. The Balaban J connectivity index is 1.66. The van der Waals surface area contributed by atoms with E-state index in [2.05, 4.69) is 4.90 Å². The van der Waals surface area contributed by atoms with E-state index in [0.29, 0.717) is 24.6 Å². The second-order valence-corrected chi connectivity index (χ2v) is 6.60. The zero-order chi connectivity index (χ0) is 19.2. The van der Waals surface area contributed by atoms with Gasteiger partial charge in [0.05, 0.1) is 14.2 Å². The summed E-state index contributed by atoms with van der Waals surface area (Å²) in [6.07, 6.45) is 0.895. The Morgan fingerprint density at radius 1 is 1.00 bits per heavy atom. The van der Waals surface area contributed by atoms with Crippen molar-refractivity contribution >= 4 is 5.91 Å². The average molecular weight is 370 g/mol. The normalized spacial score (nSPS) is 15.3. The van der Waals surface area contributed by atoms with E-state index in [-0.39, 0.29) is 11.7 Å². The fourth-order valence-electron chi connectivity index (χ4n) is 3.42. The first-order valence-electron chi connectivity index (χ1n) is 9.13. The van der Waals surface area contributed by atoms with E-state index < -0.39 is 0 Å². The predicted molar refractivity (Wildman–Crippen MR) is 103 cm³/mol. The van der Waals surface area contributed by atoms with Gasteiger partial charge < -0.3 is 19.5 Å². The van der Waals surface area contributed by atoms with Crippen LogP contribution in [0.5, 0.6) is 17.2 Å². The van der Waals surface area contributed by atoms with E-state index in [1.165, 1.54) is 7.11 Å². The van der Waals surface area contributed by atoms with Crippen molar-refractivity contribution in [2.24, 2.45) is 0 Å². The van der Waals surface area contributed by atoms with E-state index in [9.17, 15) is 9.90 Å². The first-order chi connectivity index (χ1) is 13.1. The van der Waals surface area contributed by atoms with Crippen LogP contribution >= 0.6 is 0 Å². The number of phenolic OH excluding ortho intramolecular Hbond substituents is 1. The van der Waals surface area contributed by atoms with Crippen LogP contribution in [-0.4, -0.2) is 61.2 Å². The van der Waals surface area contributed by atoms with Gasteiger partial charge in [-0.15, -0.1) is 0 Å². The maximum atomic E-state index is 12.7. The molecule has 144 valence electrons. The van der Waals surface area contributed by atoms with Crippen molar-refractivity contribution in [2.75, 3.05) is 40.4 Å². The number of ether oxygens (including phenoxy) is 2. The molecule has 1 fully saturated rings. The summed E-state index contributed by atoms with van der Waals surface area (Å²) in [6, 6.07) is 13.1. The van der Waals surface area contributed by atoms with Crippen LogP contribution < -0.4 is 9.47 Å². The van der Waals surface area contributed by atoms with Crippen LogP contribution in [0.4, 0.5) is 0 Å². The molecule has 1 heterocycles. The molecule has 0 unspecified atom stereocenters. The number of carbonyl (C=O) groups is 1. The van der Waals surface area contributed by atoms with Crippen molar-refractivity contribution in [3.8, 4) is 17.2 Å². The second kappa shape index (κ2) is 8.77. The van der Waals surface area contributed by atoms with Crippen LogP contribution in [0.25, 0.3) is 0 Å². The summed E-state index contributed by atoms with van der Waals surface area (Å²) in [6.45, 7) is 3.63. The standard InChI is InChI=1S/C21H26N2O4/c1-26-18-10-9-17(19(24)20(18)27-2)15-22-11-6-12-23(14-13-22)21(25)16-7-4-3-5-8-16/h3-5,7-10,24H,6,11-15H2,1-2H3. The summed E-state index contributed by atoms with van der Waals surface area (Å²) < 4.78 is 10.5. The molecular formula is C21H26N2O4. The fourth-order valence-corrected chi connectivity index (χ4v) is 3.42. The third-order valence-corrected chi connectivity index (χ3v) is 4.89. The van der Waals surface area contributed by atoms with Crippen LogP contribution in [0.3, 0.4) is 0 Å². The zero-order valence-corrected chi connectivity index (χ0v) is 15.9. The van der Waals surface area contributed by atoms with Gasteiger partial charge in [-0.2, -0.15) is 0 Å². The summed E-state index contributed by atoms with van der Waals surface area (Å²) in [5.41, 5.74) is 1.51.